The Labute approximate surface area is 171 Å². The molecule has 1 saturated heterocycles. The summed E-state index contributed by atoms with van der Waals surface area (Å²) >= 11 is 0. The van der Waals surface area contributed by atoms with Gasteiger partial charge in [-0.25, -0.2) is 8.42 Å². The molecular formula is C22H25NO5S. The first kappa shape index (κ1) is 21.0. The third-order valence-corrected chi connectivity index (χ3v) is 6.90. The van der Waals surface area contributed by atoms with Crippen LogP contribution in [0.2, 0.25) is 0 Å². The van der Waals surface area contributed by atoms with Crippen molar-refractivity contribution in [3.8, 4) is 0 Å². The van der Waals surface area contributed by atoms with E-state index in [2.05, 4.69) is 0 Å². The van der Waals surface area contributed by atoms with Gasteiger partial charge >= 0.3 is 5.97 Å². The molecule has 1 aliphatic rings. The summed E-state index contributed by atoms with van der Waals surface area (Å²) in [5.74, 6) is -0.939. The van der Waals surface area contributed by atoms with E-state index < -0.39 is 34.4 Å². The van der Waals surface area contributed by atoms with E-state index in [1.807, 2.05) is 38.1 Å². The predicted octanol–water partition coefficient (Wildman–Crippen LogP) is 2.61. The van der Waals surface area contributed by atoms with Crippen molar-refractivity contribution in [1.82, 2.24) is 0 Å². The zero-order chi connectivity index (χ0) is 21.0. The average molecular weight is 416 g/mol. The molecule has 7 heteroatoms. The van der Waals surface area contributed by atoms with Gasteiger partial charge in [-0.05, 0) is 49.1 Å². The van der Waals surface area contributed by atoms with Gasteiger partial charge in [0.1, 0.15) is 0 Å². The standard InChI is InChI=1S/C22H25NO5S/c1-16-8-9-18(12-17(16)2)13-22(25)28-14-21(24)23(19-6-4-3-5-7-19)20-10-11-29(26,27)15-20/h3-9,12,20H,10-11,13-15H2,1-2H3/t20-/m1/s1. The number of anilines is 1. The van der Waals surface area contributed by atoms with Crippen LogP contribution in [0.5, 0.6) is 0 Å². The van der Waals surface area contributed by atoms with Crippen LogP contribution >= 0.6 is 0 Å². The molecule has 1 amide bonds. The summed E-state index contributed by atoms with van der Waals surface area (Å²) in [5.41, 5.74) is 3.66. The lowest BCUT2D eigenvalue weighted by molar-refractivity contribution is -0.147. The lowest BCUT2D eigenvalue weighted by Gasteiger charge is -2.28. The average Bonchev–Trinajstić information content (AvgIpc) is 3.03. The molecule has 1 atom stereocenters. The number of amides is 1. The second-order valence-corrected chi connectivity index (χ2v) is 9.64. The molecule has 1 aliphatic heterocycles. The van der Waals surface area contributed by atoms with Crippen LogP contribution in [0.3, 0.4) is 0 Å². The summed E-state index contributed by atoms with van der Waals surface area (Å²) in [7, 11) is -3.16. The fourth-order valence-corrected chi connectivity index (χ4v) is 5.17. The van der Waals surface area contributed by atoms with E-state index in [1.165, 1.54) is 4.90 Å². The molecule has 0 unspecified atom stereocenters. The minimum absolute atomic E-state index is 0.0564. The summed E-state index contributed by atoms with van der Waals surface area (Å²) in [5, 5.41) is 0. The maximum atomic E-state index is 12.9. The van der Waals surface area contributed by atoms with Crippen LogP contribution in [0.25, 0.3) is 0 Å². The van der Waals surface area contributed by atoms with E-state index in [-0.39, 0.29) is 17.9 Å². The first-order chi connectivity index (χ1) is 13.7. The molecule has 2 aromatic carbocycles. The van der Waals surface area contributed by atoms with Gasteiger partial charge < -0.3 is 9.64 Å². The van der Waals surface area contributed by atoms with Crippen molar-refractivity contribution >= 4 is 27.4 Å². The van der Waals surface area contributed by atoms with Crippen LogP contribution in [0.1, 0.15) is 23.1 Å². The van der Waals surface area contributed by atoms with Crippen molar-refractivity contribution < 1.29 is 22.7 Å². The molecule has 0 bridgehead atoms. The highest BCUT2D eigenvalue weighted by molar-refractivity contribution is 7.91. The number of para-hydroxylation sites is 1. The van der Waals surface area contributed by atoms with Crippen LogP contribution in [-0.4, -0.2) is 44.4 Å². The molecule has 1 fully saturated rings. The molecule has 3 rings (SSSR count). The molecule has 29 heavy (non-hydrogen) atoms. The number of sulfone groups is 1. The SMILES string of the molecule is Cc1ccc(CC(=O)OCC(=O)N(c2ccccc2)[C@@H]2CCS(=O)(=O)C2)cc1C. The summed E-state index contributed by atoms with van der Waals surface area (Å²) < 4.78 is 29.0. The lowest BCUT2D eigenvalue weighted by atomic mass is 10.0. The third-order valence-electron chi connectivity index (χ3n) is 5.15. The van der Waals surface area contributed by atoms with Gasteiger partial charge in [0.25, 0.3) is 5.91 Å². The Hall–Kier alpha value is -2.67. The second-order valence-electron chi connectivity index (χ2n) is 7.41. The van der Waals surface area contributed by atoms with Gasteiger partial charge in [0.2, 0.25) is 0 Å². The number of esters is 1. The minimum atomic E-state index is -3.16. The summed E-state index contributed by atoms with van der Waals surface area (Å²) in [6.07, 6.45) is 0.455. The van der Waals surface area contributed by atoms with Gasteiger partial charge in [-0.1, -0.05) is 36.4 Å². The normalized spacial score (nSPS) is 17.7. The highest BCUT2D eigenvalue weighted by atomic mass is 32.2. The number of benzene rings is 2. The van der Waals surface area contributed by atoms with Gasteiger partial charge in [0, 0.05) is 5.69 Å². The van der Waals surface area contributed by atoms with Gasteiger partial charge in [-0.2, -0.15) is 0 Å². The smallest absolute Gasteiger partial charge is 0.310 e. The van der Waals surface area contributed by atoms with Crippen molar-refractivity contribution in [2.75, 3.05) is 23.0 Å². The quantitative estimate of drug-likeness (QED) is 0.678. The molecule has 0 N–H and O–H groups in total. The first-order valence-electron chi connectivity index (χ1n) is 9.54. The third kappa shape index (κ3) is 5.44. The van der Waals surface area contributed by atoms with Crippen molar-refractivity contribution in [3.63, 3.8) is 0 Å². The number of carbonyl (C=O) groups is 2. The Morgan fingerprint density at radius 1 is 1.07 bits per heavy atom. The molecular weight excluding hydrogens is 390 g/mol. The first-order valence-corrected chi connectivity index (χ1v) is 11.4. The fraction of sp³-hybridized carbons (Fsp3) is 0.364. The molecule has 0 saturated carbocycles. The van der Waals surface area contributed by atoms with Crippen LogP contribution in [-0.2, 0) is 30.6 Å². The highest BCUT2D eigenvalue weighted by Crippen LogP contribution is 2.24. The van der Waals surface area contributed by atoms with Gasteiger partial charge in [0.15, 0.2) is 16.4 Å². The fourth-order valence-electron chi connectivity index (χ4n) is 3.47. The molecule has 0 radical (unpaired) electrons. The van der Waals surface area contributed by atoms with Crippen LogP contribution < -0.4 is 4.90 Å². The summed E-state index contributed by atoms with van der Waals surface area (Å²) in [6.45, 7) is 3.55. The van der Waals surface area contributed by atoms with E-state index in [1.54, 1.807) is 24.3 Å². The number of carbonyl (C=O) groups excluding carboxylic acids is 2. The molecule has 2 aromatic rings. The number of ether oxygens (including phenoxy) is 1. The monoisotopic (exact) mass is 415 g/mol. The zero-order valence-corrected chi connectivity index (χ0v) is 17.4. The van der Waals surface area contributed by atoms with E-state index in [0.717, 1.165) is 16.7 Å². The number of nitrogens with zero attached hydrogens (tertiary/aromatic N) is 1. The van der Waals surface area contributed by atoms with Crippen molar-refractivity contribution in [3.05, 3.63) is 65.2 Å². The van der Waals surface area contributed by atoms with Gasteiger partial charge in [-0.15, -0.1) is 0 Å². The summed E-state index contributed by atoms with van der Waals surface area (Å²) in [4.78, 5) is 26.5. The van der Waals surface area contributed by atoms with Crippen molar-refractivity contribution in [2.24, 2.45) is 0 Å². The van der Waals surface area contributed by atoms with E-state index >= 15 is 0 Å². The van der Waals surface area contributed by atoms with Crippen molar-refractivity contribution in [1.29, 1.82) is 0 Å². The van der Waals surface area contributed by atoms with E-state index in [0.29, 0.717) is 12.1 Å². The van der Waals surface area contributed by atoms with Crippen LogP contribution in [0.15, 0.2) is 48.5 Å². The molecule has 6 nitrogen and oxygen atoms in total. The largest absolute Gasteiger partial charge is 0.455 e. The van der Waals surface area contributed by atoms with E-state index in [4.69, 9.17) is 4.74 Å². The van der Waals surface area contributed by atoms with Crippen molar-refractivity contribution in [2.45, 2.75) is 32.7 Å². The van der Waals surface area contributed by atoms with Crippen LogP contribution in [0, 0.1) is 13.8 Å². The highest BCUT2D eigenvalue weighted by Gasteiger charge is 2.35. The summed E-state index contributed by atoms with van der Waals surface area (Å²) in [6, 6.07) is 14.2. The Morgan fingerprint density at radius 3 is 2.41 bits per heavy atom. The Kier molecular flexibility index (Phi) is 6.37. The minimum Gasteiger partial charge on any atom is -0.455 e. The maximum absolute atomic E-state index is 12.9. The topological polar surface area (TPSA) is 80.8 Å². The van der Waals surface area contributed by atoms with Gasteiger partial charge in [-0.3, -0.25) is 9.59 Å². The molecule has 0 aliphatic carbocycles. The molecule has 0 spiro atoms. The predicted molar refractivity (Wildman–Crippen MR) is 112 cm³/mol. The molecule has 154 valence electrons. The Balaban J connectivity index is 1.66. The van der Waals surface area contributed by atoms with Crippen LogP contribution in [0.4, 0.5) is 5.69 Å². The number of rotatable bonds is 6. The Morgan fingerprint density at radius 2 is 1.79 bits per heavy atom. The van der Waals surface area contributed by atoms with Gasteiger partial charge in [0.05, 0.1) is 24.0 Å². The molecule has 0 aromatic heterocycles. The number of hydrogen-bond donors (Lipinski definition) is 0. The zero-order valence-electron chi connectivity index (χ0n) is 16.6. The molecule has 1 heterocycles. The number of aryl methyl sites for hydroxylation is 2. The number of hydrogen-bond acceptors (Lipinski definition) is 5. The van der Waals surface area contributed by atoms with E-state index in [9.17, 15) is 18.0 Å². The lowest BCUT2D eigenvalue weighted by Crippen LogP contribution is -2.43. The maximum Gasteiger partial charge on any atom is 0.310 e. The second kappa shape index (κ2) is 8.78. The Bertz CT molecular complexity index is 1000.